The van der Waals surface area contributed by atoms with Gasteiger partial charge in [-0.25, -0.2) is 4.39 Å². The number of amides is 3. The molecule has 136 valence electrons. The molecule has 2 aromatic rings. The Labute approximate surface area is 158 Å². The third-order valence-electron chi connectivity index (χ3n) is 3.15. The van der Waals surface area contributed by atoms with Crippen molar-refractivity contribution in [3.8, 4) is 0 Å². The van der Waals surface area contributed by atoms with Crippen molar-refractivity contribution < 1.29 is 18.8 Å². The third-order valence-corrected chi connectivity index (χ3v) is 3.69. The molecule has 0 aromatic heterocycles. The molecule has 2 aromatic carbocycles. The predicted molar refractivity (Wildman–Crippen MR) is 98.1 cm³/mol. The summed E-state index contributed by atoms with van der Waals surface area (Å²) in [7, 11) is 0. The summed E-state index contributed by atoms with van der Waals surface area (Å²) < 4.78 is 13.6. The van der Waals surface area contributed by atoms with Gasteiger partial charge in [-0.15, -0.1) is 0 Å². The molecule has 0 saturated heterocycles. The zero-order valence-corrected chi connectivity index (χ0v) is 15.0. The fourth-order valence-electron chi connectivity index (χ4n) is 2.02. The van der Waals surface area contributed by atoms with Crippen LogP contribution < -0.4 is 16.0 Å². The number of anilines is 2. The van der Waals surface area contributed by atoms with Crippen LogP contribution in [0.4, 0.5) is 15.8 Å². The van der Waals surface area contributed by atoms with Crippen LogP contribution in [0.25, 0.3) is 0 Å². The second kappa shape index (κ2) is 8.64. The summed E-state index contributed by atoms with van der Waals surface area (Å²) in [6.07, 6.45) is 0. The Bertz CT molecular complexity index is 874. The van der Waals surface area contributed by atoms with Crippen molar-refractivity contribution in [2.24, 2.45) is 0 Å². The van der Waals surface area contributed by atoms with Crippen molar-refractivity contribution in [2.75, 3.05) is 17.2 Å². The maximum absolute atomic E-state index is 13.6. The lowest BCUT2D eigenvalue weighted by Gasteiger charge is -2.10. The molecular weight excluding hydrogens is 384 g/mol. The largest absolute Gasteiger partial charge is 0.343 e. The van der Waals surface area contributed by atoms with E-state index in [-0.39, 0.29) is 28.5 Å². The van der Waals surface area contributed by atoms with Crippen LogP contribution in [0.1, 0.15) is 17.3 Å². The third kappa shape index (κ3) is 5.44. The second-order valence-corrected chi connectivity index (χ2v) is 6.07. The van der Waals surface area contributed by atoms with Gasteiger partial charge in [-0.1, -0.05) is 23.2 Å². The number of halogens is 3. The molecule has 0 unspecified atom stereocenters. The average Bonchev–Trinajstić information content (AvgIpc) is 2.55. The Morgan fingerprint density at radius 1 is 1.04 bits per heavy atom. The molecule has 2 rings (SSSR count). The molecule has 0 bridgehead atoms. The zero-order chi connectivity index (χ0) is 19.3. The lowest BCUT2D eigenvalue weighted by molar-refractivity contribution is -0.115. The predicted octanol–water partition coefficient (Wildman–Crippen LogP) is 3.46. The number of carbonyl (C=O) groups is 3. The molecule has 6 nitrogen and oxygen atoms in total. The number of rotatable bonds is 5. The highest BCUT2D eigenvalue weighted by Crippen LogP contribution is 2.21. The molecule has 0 radical (unpaired) electrons. The Morgan fingerprint density at radius 2 is 1.77 bits per heavy atom. The minimum absolute atomic E-state index is 0.0627. The smallest absolute Gasteiger partial charge is 0.253 e. The zero-order valence-electron chi connectivity index (χ0n) is 13.5. The monoisotopic (exact) mass is 397 g/mol. The molecule has 0 saturated carbocycles. The van der Waals surface area contributed by atoms with E-state index in [4.69, 9.17) is 23.2 Å². The molecule has 0 aliphatic rings. The van der Waals surface area contributed by atoms with Gasteiger partial charge in [0.2, 0.25) is 11.8 Å². The first kappa shape index (κ1) is 19.7. The maximum atomic E-state index is 13.6. The lowest BCUT2D eigenvalue weighted by atomic mass is 10.2. The van der Waals surface area contributed by atoms with Crippen molar-refractivity contribution >= 4 is 52.3 Å². The van der Waals surface area contributed by atoms with Gasteiger partial charge < -0.3 is 16.0 Å². The minimum atomic E-state index is -0.635. The Morgan fingerprint density at radius 3 is 2.42 bits per heavy atom. The van der Waals surface area contributed by atoms with Crippen LogP contribution in [0.5, 0.6) is 0 Å². The SMILES string of the molecule is CC(=O)Nc1cc(NC(=O)CNC(=O)c2ccc(Cl)cc2Cl)ccc1F. The molecule has 0 fully saturated rings. The highest BCUT2D eigenvalue weighted by atomic mass is 35.5. The van der Waals surface area contributed by atoms with Gasteiger partial charge in [-0.05, 0) is 36.4 Å². The summed E-state index contributed by atoms with van der Waals surface area (Å²) in [6.45, 7) is 0.909. The van der Waals surface area contributed by atoms with Crippen molar-refractivity contribution in [1.29, 1.82) is 0 Å². The van der Waals surface area contributed by atoms with Crippen LogP contribution in [-0.4, -0.2) is 24.3 Å². The fourth-order valence-corrected chi connectivity index (χ4v) is 2.52. The van der Waals surface area contributed by atoms with Crippen LogP contribution in [0.2, 0.25) is 10.0 Å². The van der Waals surface area contributed by atoms with E-state index >= 15 is 0 Å². The first-order valence-electron chi connectivity index (χ1n) is 7.36. The average molecular weight is 398 g/mol. The summed E-state index contributed by atoms with van der Waals surface area (Å²) >= 11 is 11.7. The van der Waals surface area contributed by atoms with E-state index < -0.39 is 23.5 Å². The van der Waals surface area contributed by atoms with E-state index in [1.807, 2.05) is 0 Å². The Balaban J connectivity index is 1.96. The molecule has 26 heavy (non-hydrogen) atoms. The Kier molecular flexibility index (Phi) is 6.54. The van der Waals surface area contributed by atoms with Gasteiger partial charge in [0.1, 0.15) is 5.82 Å². The molecule has 0 aliphatic carbocycles. The second-order valence-electron chi connectivity index (χ2n) is 5.23. The molecule has 0 atom stereocenters. The molecular formula is C17H14Cl2FN3O3. The lowest BCUT2D eigenvalue weighted by Crippen LogP contribution is -2.33. The molecule has 0 heterocycles. The minimum Gasteiger partial charge on any atom is -0.343 e. The van der Waals surface area contributed by atoms with Gasteiger partial charge in [0.25, 0.3) is 5.91 Å². The van der Waals surface area contributed by atoms with Crippen molar-refractivity contribution in [1.82, 2.24) is 5.32 Å². The van der Waals surface area contributed by atoms with E-state index in [0.29, 0.717) is 5.02 Å². The molecule has 9 heteroatoms. The van der Waals surface area contributed by atoms with Crippen LogP contribution >= 0.6 is 23.2 Å². The first-order valence-corrected chi connectivity index (χ1v) is 8.12. The van der Waals surface area contributed by atoms with Gasteiger partial charge in [0.05, 0.1) is 22.8 Å². The number of nitrogens with one attached hydrogen (secondary N) is 3. The van der Waals surface area contributed by atoms with Gasteiger partial charge >= 0.3 is 0 Å². The van der Waals surface area contributed by atoms with E-state index in [2.05, 4.69) is 16.0 Å². The topological polar surface area (TPSA) is 87.3 Å². The molecule has 3 amide bonds. The van der Waals surface area contributed by atoms with Gasteiger partial charge in [0.15, 0.2) is 0 Å². The van der Waals surface area contributed by atoms with Gasteiger partial charge in [-0.2, -0.15) is 0 Å². The van der Waals surface area contributed by atoms with Crippen LogP contribution in [0.15, 0.2) is 36.4 Å². The standard InChI is InChI=1S/C17H14Cl2FN3O3/c1-9(24)22-15-7-11(3-5-14(15)20)23-16(25)8-21-17(26)12-4-2-10(18)6-13(12)19/h2-7H,8H2,1H3,(H,21,26)(H,22,24)(H,23,25). The number of benzene rings is 2. The Hall–Kier alpha value is -2.64. The summed E-state index contributed by atoms with van der Waals surface area (Å²) in [5, 5.41) is 7.76. The fraction of sp³-hybridized carbons (Fsp3) is 0.118. The highest BCUT2D eigenvalue weighted by molar-refractivity contribution is 6.36. The number of carbonyl (C=O) groups excluding carboxylic acids is 3. The van der Waals surface area contributed by atoms with Crippen molar-refractivity contribution in [2.45, 2.75) is 6.92 Å². The normalized spacial score (nSPS) is 10.2. The van der Waals surface area contributed by atoms with Crippen LogP contribution in [0.3, 0.4) is 0 Å². The molecule has 0 aliphatic heterocycles. The highest BCUT2D eigenvalue weighted by Gasteiger charge is 2.13. The van der Waals surface area contributed by atoms with Gasteiger partial charge in [-0.3, -0.25) is 14.4 Å². The van der Waals surface area contributed by atoms with E-state index in [0.717, 1.165) is 6.07 Å². The summed E-state index contributed by atoms with van der Waals surface area (Å²) in [5.41, 5.74) is 0.379. The van der Waals surface area contributed by atoms with Crippen LogP contribution in [0, 0.1) is 5.82 Å². The van der Waals surface area contributed by atoms with Gasteiger partial charge in [0, 0.05) is 17.6 Å². The van der Waals surface area contributed by atoms with E-state index in [1.54, 1.807) is 0 Å². The number of hydrogen-bond donors (Lipinski definition) is 3. The van der Waals surface area contributed by atoms with E-state index in [1.165, 1.54) is 37.3 Å². The molecule has 3 N–H and O–H groups in total. The summed E-state index contributed by atoms with van der Waals surface area (Å²) in [6, 6.07) is 8.07. The van der Waals surface area contributed by atoms with Crippen molar-refractivity contribution in [3.63, 3.8) is 0 Å². The summed E-state index contributed by atoms with van der Waals surface area (Å²) in [4.78, 5) is 35.0. The van der Waals surface area contributed by atoms with Crippen molar-refractivity contribution in [3.05, 3.63) is 57.8 Å². The first-order chi connectivity index (χ1) is 12.3. The maximum Gasteiger partial charge on any atom is 0.253 e. The summed E-state index contributed by atoms with van der Waals surface area (Å²) in [5.74, 6) is -2.16. The quantitative estimate of drug-likeness (QED) is 0.721. The van der Waals surface area contributed by atoms with Crippen LogP contribution in [-0.2, 0) is 9.59 Å². The van der Waals surface area contributed by atoms with E-state index in [9.17, 15) is 18.8 Å². The number of hydrogen-bond acceptors (Lipinski definition) is 3. The molecule has 0 spiro atoms.